The van der Waals surface area contributed by atoms with Crippen molar-refractivity contribution in [3.8, 4) is 11.8 Å². The zero-order valence-electron chi connectivity index (χ0n) is 12.3. The van der Waals surface area contributed by atoms with Crippen molar-refractivity contribution >= 4 is 38.3 Å². The van der Waals surface area contributed by atoms with Gasteiger partial charge < -0.3 is 5.11 Å². The largest absolute Gasteiger partial charge is 0.507 e. The van der Waals surface area contributed by atoms with E-state index in [2.05, 4.69) is 32.3 Å². The molecule has 1 aromatic carbocycles. The summed E-state index contributed by atoms with van der Waals surface area (Å²) in [6, 6.07) is 6.70. The van der Waals surface area contributed by atoms with Crippen molar-refractivity contribution in [3.05, 3.63) is 38.8 Å². The molecule has 0 unspecified atom stereocenters. The number of rotatable bonds is 2. The van der Waals surface area contributed by atoms with Crippen LogP contribution in [-0.2, 0) is 5.41 Å². The van der Waals surface area contributed by atoms with Gasteiger partial charge in [0, 0.05) is 9.89 Å². The third-order valence-electron chi connectivity index (χ3n) is 2.86. The first-order valence-corrected chi connectivity index (χ1v) is 8.04. The first-order chi connectivity index (χ1) is 10.2. The van der Waals surface area contributed by atoms with E-state index in [1.807, 2.05) is 20.8 Å². The fourth-order valence-corrected chi connectivity index (χ4v) is 3.14. The van der Waals surface area contributed by atoms with Gasteiger partial charge in [-0.2, -0.15) is 5.26 Å². The molecule has 7 heteroatoms. The van der Waals surface area contributed by atoms with Crippen LogP contribution in [0, 0.1) is 11.3 Å². The minimum absolute atomic E-state index is 0.117. The monoisotopic (exact) mass is 379 g/mol. The van der Waals surface area contributed by atoms with Crippen LogP contribution in [0.2, 0.25) is 0 Å². The standard InChI is InChI=1S/C15H14BrN3O2S/c1-15(2,3)12-11(7-17)22-14(18-12)19-13(21)9-6-8(16)4-5-10(9)20/h4-6,20H,1-3H3,(H,18,19,21). The number of nitrogens with one attached hydrogen (secondary N) is 1. The van der Waals surface area contributed by atoms with E-state index in [4.69, 9.17) is 0 Å². The highest BCUT2D eigenvalue weighted by atomic mass is 79.9. The number of anilines is 1. The number of aromatic nitrogens is 1. The van der Waals surface area contributed by atoms with Gasteiger partial charge in [0.15, 0.2) is 5.13 Å². The average molecular weight is 380 g/mol. The van der Waals surface area contributed by atoms with Crippen LogP contribution in [0.3, 0.4) is 0 Å². The molecule has 0 aliphatic carbocycles. The summed E-state index contributed by atoms with van der Waals surface area (Å²) >= 11 is 4.38. The van der Waals surface area contributed by atoms with Crippen molar-refractivity contribution in [3.63, 3.8) is 0 Å². The minimum atomic E-state index is -0.475. The molecule has 2 rings (SSSR count). The molecule has 2 N–H and O–H groups in total. The van der Waals surface area contributed by atoms with Gasteiger partial charge in [0.1, 0.15) is 16.7 Å². The number of nitriles is 1. The van der Waals surface area contributed by atoms with E-state index in [0.717, 1.165) is 11.3 Å². The summed E-state index contributed by atoms with van der Waals surface area (Å²) in [7, 11) is 0. The molecule has 0 aliphatic heterocycles. The van der Waals surface area contributed by atoms with Crippen molar-refractivity contribution in [2.75, 3.05) is 5.32 Å². The summed E-state index contributed by atoms with van der Waals surface area (Å²) in [5, 5.41) is 21.9. The Labute approximate surface area is 140 Å². The Hall–Kier alpha value is -1.91. The number of carbonyl (C=O) groups is 1. The molecule has 0 aliphatic rings. The Morgan fingerprint density at radius 3 is 2.68 bits per heavy atom. The highest BCUT2D eigenvalue weighted by molar-refractivity contribution is 9.10. The number of hydrogen-bond acceptors (Lipinski definition) is 5. The zero-order chi connectivity index (χ0) is 16.5. The number of halogens is 1. The molecule has 1 heterocycles. The third kappa shape index (κ3) is 3.46. The quantitative estimate of drug-likeness (QED) is 0.824. The van der Waals surface area contributed by atoms with Crippen molar-refractivity contribution in [1.82, 2.24) is 4.98 Å². The second-order valence-corrected chi connectivity index (χ2v) is 7.59. The maximum atomic E-state index is 12.2. The highest BCUT2D eigenvalue weighted by Crippen LogP contribution is 2.32. The summed E-state index contributed by atoms with van der Waals surface area (Å²) in [4.78, 5) is 17.1. The van der Waals surface area contributed by atoms with Crippen LogP contribution in [0.15, 0.2) is 22.7 Å². The van der Waals surface area contributed by atoms with Crippen molar-refractivity contribution < 1.29 is 9.90 Å². The predicted octanol–water partition coefficient (Wildman–Crippen LogP) is 4.03. The number of phenolic OH excluding ortho intramolecular Hbond substituents is 1. The Morgan fingerprint density at radius 1 is 1.45 bits per heavy atom. The third-order valence-corrected chi connectivity index (χ3v) is 4.23. The van der Waals surface area contributed by atoms with E-state index in [1.54, 1.807) is 6.07 Å². The van der Waals surface area contributed by atoms with Gasteiger partial charge in [-0.3, -0.25) is 10.1 Å². The molecule has 2 aromatic rings. The van der Waals surface area contributed by atoms with Crippen LogP contribution in [-0.4, -0.2) is 16.0 Å². The molecular formula is C15H14BrN3O2S. The van der Waals surface area contributed by atoms with E-state index in [-0.39, 0.29) is 16.7 Å². The number of amides is 1. The fraction of sp³-hybridized carbons (Fsp3) is 0.267. The molecule has 0 spiro atoms. The lowest BCUT2D eigenvalue weighted by Gasteiger charge is -2.15. The molecule has 22 heavy (non-hydrogen) atoms. The predicted molar refractivity (Wildman–Crippen MR) is 89.3 cm³/mol. The number of hydrogen-bond donors (Lipinski definition) is 2. The number of benzene rings is 1. The summed E-state index contributed by atoms with van der Waals surface area (Å²) in [5.41, 5.74) is 0.497. The van der Waals surface area contributed by atoms with Crippen molar-refractivity contribution in [1.29, 1.82) is 5.26 Å². The molecule has 0 fully saturated rings. The van der Waals surface area contributed by atoms with E-state index in [0.29, 0.717) is 20.2 Å². The number of nitrogens with zero attached hydrogens (tertiary/aromatic N) is 2. The number of phenols is 1. The van der Waals surface area contributed by atoms with Gasteiger partial charge >= 0.3 is 0 Å². The average Bonchev–Trinajstić information content (AvgIpc) is 2.84. The summed E-state index contributed by atoms with van der Waals surface area (Å²) < 4.78 is 0.683. The highest BCUT2D eigenvalue weighted by Gasteiger charge is 2.24. The molecule has 0 bridgehead atoms. The lowest BCUT2D eigenvalue weighted by Crippen LogP contribution is -2.15. The Balaban J connectivity index is 2.32. The molecule has 114 valence electrons. The van der Waals surface area contributed by atoms with Gasteiger partial charge in [0.25, 0.3) is 5.91 Å². The van der Waals surface area contributed by atoms with Crippen molar-refractivity contribution in [2.45, 2.75) is 26.2 Å². The maximum Gasteiger partial charge on any atom is 0.261 e. The summed E-state index contributed by atoms with van der Waals surface area (Å²) in [6.07, 6.45) is 0. The Morgan fingerprint density at radius 2 is 2.14 bits per heavy atom. The molecule has 0 saturated heterocycles. The molecule has 1 aromatic heterocycles. The topological polar surface area (TPSA) is 86.0 Å². The van der Waals surface area contributed by atoms with Crippen LogP contribution in [0.4, 0.5) is 5.13 Å². The second-order valence-electron chi connectivity index (χ2n) is 5.67. The van der Waals surface area contributed by atoms with Gasteiger partial charge in [-0.15, -0.1) is 0 Å². The van der Waals surface area contributed by atoms with E-state index >= 15 is 0 Å². The molecule has 5 nitrogen and oxygen atoms in total. The van der Waals surface area contributed by atoms with Crippen LogP contribution in [0.25, 0.3) is 0 Å². The van der Waals surface area contributed by atoms with E-state index in [9.17, 15) is 15.2 Å². The SMILES string of the molecule is CC(C)(C)c1nc(NC(=O)c2cc(Br)ccc2O)sc1C#N. The van der Waals surface area contributed by atoms with Gasteiger partial charge in [0.2, 0.25) is 0 Å². The first-order valence-electron chi connectivity index (χ1n) is 6.43. The smallest absolute Gasteiger partial charge is 0.261 e. The number of thiazole rings is 1. The lowest BCUT2D eigenvalue weighted by atomic mass is 9.91. The lowest BCUT2D eigenvalue weighted by molar-refractivity contribution is 0.102. The van der Waals surface area contributed by atoms with Gasteiger partial charge in [-0.25, -0.2) is 4.98 Å². The molecule has 0 saturated carbocycles. The Kier molecular flexibility index (Phi) is 4.54. The van der Waals surface area contributed by atoms with Gasteiger partial charge in [-0.1, -0.05) is 48.0 Å². The normalized spacial score (nSPS) is 11.0. The van der Waals surface area contributed by atoms with Crippen molar-refractivity contribution in [2.24, 2.45) is 0 Å². The van der Waals surface area contributed by atoms with Gasteiger partial charge in [0.05, 0.1) is 11.3 Å². The summed E-state index contributed by atoms with van der Waals surface area (Å²) in [6.45, 7) is 5.86. The fourth-order valence-electron chi connectivity index (χ4n) is 1.81. The van der Waals surface area contributed by atoms with E-state index < -0.39 is 5.91 Å². The maximum absolute atomic E-state index is 12.2. The minimum Gasteiger partial charge on any atom is -0.507 e. The van der Waals surface area contributed by atoms with Crippen LogP contribution < -0.4 is 5.32 Å². The molecule has 0 atom stereocenters. The number of carbonyl (C=O) groups excluding carboxylic acids is 1. The van der Waals surface area contributed by atoms with Crippen LogP contribution >= 0.6 is 27.3 Å². The zero-order valence-corrected chi connectivity index (χ0v) is 14.7. The van der Waals surface area contributed by atoms with Crippen LogP contribution in [0.1, 0.15) is 41.7 Å². The molecular weight excluding hydrogens is 366 g/mol. The van der Waals surface area contributed by atoms with Gasteiger partial charge in [-0.05, 0) is 18.2 Å². The molecule has 1 amide bonds. The number of aromatic hydroxyl groups is 1. The van der Waals surface area contributed by atoms with Crippen LogP contribution in [0.5, 0.6) is 5.75 Å². The first kappa shape index (κ1) is 16.5. The Bertz CT molecular complexity index is 772. The second kappa shape index (κ2) is 6.07. The molecule has 0 radical (unpaired) electrons. The van der Waals surface area contributed by atoms with E-state index in [1.165, 1.54) is 12.1 Å². The summed E-state index contributed by atoms with van der Waals surface area (Å²) in [5.74, 6) is -0.591.